The van der Waals surface area contributed by atoms with Gasteiger partial charge in [0.25, 0.3) is 0 Å². The van der Waals surface area contributed by atoms with Gasteiger partial charge in [-0.2, -0.15) is 0 Å². The van der Waals surface area contributed by atoms with Crippen molar-refractivity contribution in [1.29, 1.82) is 5.41 Å². The van der Waals surface area contributed by atoms with Gasteiger partial charge in [-0.05, 0) is 30.5 Å². The fourth-order valence-corrected chi connectivity index (χ4v) is 2.92. The average Bonchev–Trinajstić information content (AvgIpc) is 2.48. The molecule has 110 valence electrons. The molecule has 1 saturated carbocycles. The summed E-state index contributed by atoms with van der Waals surface area (Å²) in [4.78, 5) is 6.43. The van der Waals surface area contributed by atoms with Gasteiger partial charge in [0.1, 0.15) is 11.5 Å². The van der Waals surface area contributed by atoms with Crippen molar-refractivity contribution in [3.63, 3.8) is 0 Å². The molecule has 20 heavy (non-hydrogen) atoms. The van der Waals surface area contributed by atoms with Gasteiger partial charge in [0.15, 0.2) is 0 Å². The third-order valence-corrected chi connectivity index (χ3v) is 3.96. The van der Waals surface area contributed by atoms with Crippen molar-refractivity contribution in [3.8, 4) is 0 Å². The highest BCUT2D eigenvalue weighted by Crippen LogP contribution is 2.23. The van der Waals surface area contributed by atoms with Gasteiger partial charge in [-0.15, -0.1) is 0 Å². The minimum absolute atomic E-state index is 0.00164. The largest absolute Gasteiger partial charge is 0.395 e. The minimum Gasteiger partial charge on any atom is -0.395 e. The third kappa shape index (κ3) is 4.02. The second kappa shape index (κ2) is 7.36. The van der Waals surface area contributed by atoms with E-state index in [2.05, 4.69) is 9.88 Å². The summed E-state index contributed by atoms with van der Waals surface area (Å²) in [5, 5.41) is 16.7. The summed E-state index contributed by atoms with van der Waals surface area (Å²) in [7, 11) is 0. The van der Waals surface area contributed by atoms with E-state index >= 15 is 0 Å². The minimum atomic E-state index is -0.00164. The van der Waals surface area contributed by atoms with Gasteiger partial charge in [-0.3, -0.25) is 15.3 Å². The molecular formula is C15H24N4O. The highest BCUT2D eigenvalue weighted by molar-refractivity contribution is 5.93. The Labute approximate surface area is 120 Å². The lowest BCUT2D eigenvalue weighted by Gasteiger charge is -2.34. The number of nitrogens with one attached hydrogen (secondary N) is 1. The smallest absolute Gasteiger partial charge is 0.141 e. The van der Waals surface area contributed by atoms with Gasteiger partial charge in [0, 0.05) is 25.3 Å². The van der Waals surface area contributed by atoms with Crippen LogP contribution in [0.1, 0.15) is 43.4 Å². The molecule has 0 amide bonds. The first-order valence-electron chi connectivity index (χ1n) is 7.35. The number of rotatable bonds is 6. The van der Waals surface area contributed by atoms with Crippen molar-refractivity contribution >= 4 is 5.84 Å². The fourth-order valence-electron chi connectivity index (χ4n) is 2.92. The van der Waals surface area contributed by atoms with Crippen molar-refractivity contribution < 1.29 is 5.11 Å². The molecule has 0 aliphatic heterocycles. The van der Waals surface area contributed by atoms with Crippen LogP contribution >= 0.6 is 0 Å². The lowest BCUT2D eigenvalue weighted by molar-refractivity contribution is 0.117. The summed E-state index contributed by atoms with van der Waals surface area (Å²) in [5.41, 5.74) is 7.11. The standard InChI is InChI=1S/C15H24N4O/c16-15(17)14-10-12(6-7-18-14)11-19(8-9-20)13-4-2-1-3-5-13/h6-7,10,13,20H,1-5,8-9,11H2,(H3,16,17). The van der Waals surface area contributed by atoms with Crippen LogP contribution in [0.15, 0.2) is 18.3 Å². The van der Waals surface area contributed by atoms with Crippen LogP contribution in [0.2, 0.25) is 0 Å². The van der Waals surface area contributed by atoms with Gasteiger partial charge < -0.3 is 10.8 Å². The van der Waals surface area contributed by atoms with Gasteiger partial charge in [0.05, 0.1) is 6.61 Å². The molecule has 1 fully saturated rings. The lowest BCUT2D eigenvalue weighted by atomic mass is 9.94. The number of amidine groups is 1. The van der Waals surface area contributed by atoms with E-state index in [1.807, 2.05) is 12.1 Å². The molecule has 0 atom stereocenters. The second-order valence-electron chi connectivity index (χ2n) is 5.45. The van der Waals surface area contributed by atoms with Crippen molar-refractivity contribution in [2.24, 2.45) is 5.73 Å². The zero-order chi connectivity index (χ0) is 14.4. The SMILES string of the molecule is N=C(N)c1cc(CN(CCO)C2CCCCC2)ccn1. The Morgan fingerprint density at radius 2 is 2.15 bits per heavy atom. The Morgan fingerprint density at radius 1 is 1.40 bits per heavy atom. The van der Waals surface area contributed by atoms with Crippen LogP contribution in [0, 0.1) is 5.41 Å². The van der Waals surface area contributed by atoms with E-state index in [0.717, 1.165) is 12.1 Å². The number of nitrogens with two attached hydrogens (primary N) is 1. The maximum Gasteiger partial charge on any atom is 0.141 e. The molecule has 1 aliphatic rings. The van der Waals surface area contributed by atoms with E-state index in [0.29, 0.717) is 18.3 Å². The number of nitrogen functional groups attached to an aromatic ring is 1. The molecule has 1 aliphatic carbocycles. The van der Waals surface area contributed by atoms with Crippen LogP contribution in [0.3, 0.4) is 0 Å². The molecule has 0 unspecified atom stereocenters. The third-order valence-electron chi connectivity index (χ3n) is 3.96. The Balaban J connectivity index is 2.06. The van der Waals surface area contributed by atoms with Crippen molar-refractivity contribution in [2.75, 3.05) is 13.2 Å². The van der Waals surface area contributed by atoms with E-state index < -0.39 is 0 Å². The Kier molecular flexibility index (Phi) is 5.49. The predicted molar refractivity (Wildman–Crippen MR) is 79.6 cm³/mol. The quantitative estimate of drug-likeness (QED) is 0.543. The molecule has 0 saturated heterocycles. The number of nitrogens with zero attached hydrogens (tertiary/aromatic N) is 2. The average molecular weight is 276 g/mol. The molecular weight excluding hydrogens is 252 g/mol. The molecule has 0 aromatic carbocycles. The predicted octanol–water partition coefficient (Wildman–Crippen LogP) is 1.49. The summed E-state index contributed by atoms with van der Waals surface area (Å²) >= 11 is 0. The number of aliphatic hydroxyl groups excluding tert-OH is 1. The summed E-state index contributed by atoms with van der Waals surface area (Å²) in [6, 6.07) is 4.39. The highest BCUT2D eigenvalue weighted by Gasteiger charge is 2.20. The number of hydrogen-bond acceptors (Lipinski definition) is 4. The molecule has 0 spiro atoms. The topological polar surface area (TPSA) is 86.2 Å². The molecule has 0 radical (unpaired) electrons. The van der Waals surface area contributed by atoms with Crippen LogP contribution in [-0.2, 0) is 6.54 Å². The van der Waals surface area contributed by atoms with E-state index in [4.69, 9.17) is 11.1 Å². The van der Waals surface area contributed by atoms with E-state index in [1.165, 1.54) is 32.1 Å². The van der Waals surface area contributed by atoms with Crippen molar-refractivity contribution in [1.82, 2.24) is 9.88 Å². The fraction of sp³-hybridized carbons (Fsp3) is 0.600. The van der Waals surface area contributed by atoms with Crippen molar-refractivity contribution in [2.45, 2.75) is 44.7 Å². The Morgan fingerprint density at radius 3 is 2.80 bits per heavy atom. The molecule has 5 heteroatoms. The van der Waals surface area contributed by atoms with Gasteiger partial charge in [-0.25, -0.2) is 0 Å². The van der Waals surface area contributed by atoms with Gasteiger partial charge in [-0.1, -0.05) is 19.3 Å². The van der Waals surface area contributed by atoms with Crippen LogP contribution < -0.4 is 5.73 Å². The normalized spacial score (nSPS) is 16.5. The number of hydrogen-bond donors (Lipinski definition) is 3. The van der Waals surface area contributed by atoms with E-state index in [1.54, 1.807) is 6.20 Å². The van der Waals surface area contributed by atoms with Crippen molar-refractivity contribution in [3.05, 3.63) is 29.6 Å². The number of aromatic nitrogens is 1. The summed E-state index contributed by atoms with van der Waals surface area (Å²) in [6.07, 6.45) is 8.01. The van der Waals surface area contributed by atoms with Crippen LogP contribution in [0.25, 0.3) is 0 Å². The van der Waals surface area contributed by atoms with E-state index in [-0.39, 0.29) is 12.4 Å². The first-order valence-corrected chi connectivity index (χ1v) is 7.35. The molecule has 4 N–H and O–H groups in total. The molecule has 1 heterocycles. The lowest BCUT2D eigenvalue weighted by Crippen LogP contribution is -2.38. The number of pyridine rings is 1. The summed E-state index contributed by atoms with van der Waals surface area (Å²) < 4.78 is 0. The molecule has 1 aromatic heterocycles. The zero-order valence-electron chi connectivity index (χ0n) is 11.9. The van der Waals surface area contributed by atoms with Gasteiger partial charge >= 0.3 is 0 Å². The molecule has 1 aromatic rings. The van der Waals surface area contributed by atoms with E-state index in [9.17, 15) is 5.11 Å². The Hall–Kier alpha value is -1.46. The number of aliphatic hydroxyl groups is 1. The molecule has 0 bridgehead atoms. The monoisotopic (exact) mass is 276 g/mol. The highest BCUT2D eigenvalue weighted by atomic mass is 16.3. The second-order valence-corrected chi connectivity index (χ2v) is 5.45. The van der Waals surface area contributed by atoms with Crippen LogP contribution in [0.5, 0.6) is 0 Å². The summed E-state index contributed by atoms with van der Waals surface area (Å²) in [6.45, 7) is 1.66. The first-order chi connectivity index (χ1) is 9.70. The summed E-state index contributed by atoms with van der Waals surface area (Å²) in [5.74, 6) is -0.00164. The van der Waals surface area contributed by atoms with Crippen LogP contribution in [0.4, 0.5) is 0 Å². The van der Waals surface area contributed by atoms with Gasteiger partial charge in [0.2, 0.25) is 0 Å². The Bertz CT molecular complexity index is 443. The van der Waals surface area contributed by atoms with Crippen LogP contribution in [-0.4, -0.2) is 40.0 Å². The zero-order valence-corrected chi connectivity index (χ0v) is 11.9. The molecule has 2 rings (SSSR count). The maximum absolute atomic E-state index is 9.28. The maximum atomic E-state index is 9.28. The molecule has 5 nitrogen and oxygen atoms in total. The first kappa shape index (κ1) is 14.9.